The highest BCUT2D eigenvalue weighted by Gasteiger charge is 2.41. The van der Waals surface area contributed by atoms with Gasteiger partial charge in [0.05, 0.1) is 23.3 Å². The molecule has 110 valence electrons. The van der Waals surface area contributed by atoms with Gasteiger partial charge in [-0.3, -0.25) is 0 Å². The molecule has 2 aliphatic rings. The molecule has 1 aromatic rings. The second kappa shape index (κ2) is 5.68. The van der Waals surface area contributed by atoms with Crippen LogP contribution in [0.2, 0.25) is 10.0 Å². The molecule has 1 spiro atoms. The van der Waals surface area contributed by atoms with Crippen molar-refractivity contribution in [3.8, 4) is 0 Å². The van der Waals surface area contributed by atoms with Gasteiger partial charge in [0.1, 0.15) is 5.82 Å². The summed E-state index contributed by atoms with van der Waals surface area (Å²) in [6, 6.07) is 2.13. The van der Waals surface area contributed by atoms with Crippen molar-refractivity contribution in [3.05, 3.63) is 22.3 Å². The van der Waals surface area contributed by atoms with Crippen molar-refractivity contribution in [3.63, 3.8) is 0 Å². The number of halogens is 2. The number of hydrogen-bond acceptors (Lipinski definition) is 4. The lowest BCUT2D eigenvalue weighted by atomic mass is 9.89. The molecular weight excluding hydrogens is 299 g/mol. The predicted molar refractivity (Wildman–Crippen MR) is 79.6 cm³/mol. The van der Waals surface area contributed by atoms with E-state index in [0.717, 1.165) is 31.5 Å². The molecule has 0 N–H and O–H groups in total. The fraction of sp³-hybridized carbons (Fsp3) is 0.643. The summed E-state index contributed by atoms with van der Waals surface area (Å²) < 4.78 is 11.5. The molecule has 6 heteroatoms. The first-order valence-electron chi connectivity index (χ1n) is 6.91. The Morgan fingerprint density at radius 3 is 2.50 bits per heavy atom. The van der Waals surface area contributed by atoms with Crippen LogP contribution in [0.5, 0.6) is 0 Å². The van der Waals surface area contributed by atoms with Crippen molar-refractivity contribution in [2.24, 2.45) is 0 Å². The molecule has 0 atom stereocenters. The maximum absolute atomic E-state index is 6.23. The summed E-state index contributed by atoms with van der Waals surface area (Å²) in [4.78, 5) is 6.48. The van der Waals surface area contributed by atoms with Gasteiger partial charge in [0.15, 0.2) is 5.79 Å². The van der Waals surface area contributed by atoms with Gasteiger partial charge in [0, 0.05) is 32.1 Å². The molecule has 3 rings (SSSR count). The SMILES string of the molecule is CN(c1ncc(Cl)cc1Cl)C1CCC2(CC1)OCCO2. The minimum absolute atomic E-state index is 0.325. The number of pyridine rings is 1. The quantitative estimate of drug-likeness (QED) is 0.836. The van der Waals surface area contributed by atoms with Crippen LogP contribution in [0.15, 0.2) is 12.3 Å². The Labute approximate surface area is 129 Å². The van der Waals surface area contributed by atoms with Gasteiger partial charge < -0.3 is 14.4 Å². The van der Waals surface area contributed by atoms with Gasteiger partial charge in [0.2, 0.25) is 0 Å². The van der Waals surface area contributed by atoms with Crippen LogP contribution in [0.1, 0.15) is 25.7 Å². The van der Waals surface area contributed by atoms with E-state index in [2.05, 4.69) is 9.88 Å². The van der Waals surface area contributed by atoms with Gasteiger partial charge in [-0.05, 0) is 18.9 Å². The summed E-state index contributed by atoms with van der Waals surface area (Å²) in [5, 5.41) is 1.15. The van der Waals surface area contributed by atoms with Crippen LogP contribution in [-0.4, -0.2) is 37.1 Å². The fourth-order valence-electron chi connectivity index (χ4n) is 3.06. The Morgan fingerprint density at radius 2 is 1.90 bits per heavy atom. The van der Waals surface area contributed by atoms with Crippen molar-refractivity contribution < 1.29 is 9.47 Å². The summed E-state index contributed by atoms with van der Waals surface area (Å²) in [6.07, 6.45) is 5.50. The van der Waals surface area contributed by atoms with Crippen LogP contribution in [0.3, 0.4) is 0 Å². The lowest BCUT2D eigenvalue weighted by molar-refractivity contribution is -0.178. The average molecular weight is 317 g/mol. The van der Waals surface area contributed by atoms with Crippen LogP contribution in [-0.2, 0) is 9.47 Å². The maximum Gasteiger partial charge on any atom is 0.168 e. The molecule has 2 fully saturated rings. The maximum atomic E-state index is 6.23. The Balaban J connectivity index is 1.68. The third-order valence-electron chi connectivity index (χ3n) is 4.20. The predicted octanol–water partition coefficient (Wildman–Crippen LogP) is 3.51. The molecule has 1 saturated carbocycles. The number of rotatable bonds is 2. The molecule has 0 unspecified atom stereocenters. The second-order valence-corrected chi connectivity index (χ2v) is 6.25. The van der Waals surface area contributed by atoms with Crippen molar-refractivity contribution in [1.29, 1.82) is 0 Å². The molecule has 20 heavy (non-hydrogen) atoms. The smallest absolute Gasteiger partial charge is 0.168 e. The third kappa shape index (κ3) is 2.75. The highest BCUT2D eigenvalue weighted by atomic mass is 35.5. The van der Waals surface area contributed by atoms with Crippen LogP contribution < -0.4 is 4.90 Å². The van der Waals surface area contributed by atoms with E-state index >= 15 is 0 Å². The number of nitrogens with zero attached hydrogens (tertiary/aromatic N) is 2. The topological polar surface area (TPSA) is 34.6 Å². The van der Waals surface area contributed by atoms with E-state index in [1.54, 1.807) is 12.3 Å². The first-order chi connectivity index (χ1) is 9.60. The minimum atomic E-state index is -0.325. The number of anilines is 1. The van der Waals surface area contributed by atoms with Crippen molar-refractivity contribution in [2.45, 2.75) is 37.5 Å². The molecule has 4 nitrogen and oxygen atoms in total. The molecule has 1 aromatic heterocycles. The minimum Gasteiger partial charge on any atom is -0.355 e. The molecule has 2 heterocycles. The van der Waals surface area contributed by atoms with E-state index in [9.17, 15) is 0 Å². The summed E-state index contributed by atoms with van der Waals surface area (Å²) >= 11 is 12.1. The lowest BCUT2D eigenvalue weighted by Crippen LogP contribution is -2.43. The van der Waals surface area contributed by atoms with Crippen molar-refractivity contribution in [2.75, 3.05) is 25.2 Å². The Hall–Kier alpha value is -0.550. The number of aromatic nitrogens is 1. The van der Waals surface area contributed by atoms with Crippen molar-refractivity contribution in [1.82, 2.24) is 4.98 Å². The molecule has 0 aromatic carbocycles. The zero-order chi connectivity index (χ0) is 14.2. The van der Waals surface area contributed by atoms with E-state index in [1.165, 1.54) is 0 Å². The van der Waals surface area contributed by atoms with Gasteiger partial charge >= 0.3 is 0 Å². The highest BCUT2D eigenvalue weighted by Crippen LogP contribution is 2.38. The normalized spacial score (nSPS) is 22.4. The summed E-state index contributed by atoms with van der Waals surface area (Å²) in [7, 11) is 2.03. The van der Waals surface area contributed by atoms with Gasteiger partial charge in [-0.2, -0.15) is 0 Å². The van der Waals surface area contributed by atoms with Crippen LogP contribution in [0.25, 0.3) is 0 Å². The number of ether oxygens (including phenoxy) is 2. The van der Waals surface area contributed by atoms with Gasteiger partial charge in [0.25, 0.3) is 0 Å². The molecule has 0 amide bonds. The Bertz CT molecular complexity index is 482. The molecule has 1 saturated heterocycles. The highest BCUT2D eigenvalue weighted by molar-refractivity contribution is 6.36. The molecule has 1 aliphatic heterocycles. The van der Waals surface area contributed by atoms with Crippen LogP contribution >= 0.6 is 23.2 Å². The molecular formula is C14H18Cl2N2O2. The molecule has 1 aliphatic carbocycles. The number of hydrogen-bond donors (Lipinski definition) is 0. The van der Waals surface area contributed by atoms with E-state index in [-0.39, 0.29) is 5.79 Å². The third-order valence-corrected chi connectivity index (χ3v) is 4.69. The second-order valence-electron chi connectivity index (χ2n) is 5.41. The largest absolute Gasteiger partial charge is 0.355 e. The van der Waals surface area contributed by atoms with E-state index in [4.69, 9.17) is 32.7 Å². The van der Waals surface area contributed by atoms with Gasteiger partial charge in [-0.25, -0.2) is 4.98 Å². The zero-order valence-corrected chi connectivity index (χ0v) is 13.0. The summed E-state index contributed by atoms with van der Waals surface area (Å²) in [5.41, 5.74) is 0. The van der Waals surface area contributed by atoms with Gasteiger partial charge in [-0.15, -0.1) is 0 Å². The average Bonchev–Trinajstić information content (AvgIpc) is 2.87. The Morgan fingerprint density at radius 1 is 1.25 bits per heavy atom. The van der Waals surface area contributed by atoms with Crippen molar-refractivity contribution >= 4 is 29.0 Å². The van der Waals surface area contributed by atoms with E-state index in [1.807, 2.05) is 7.05 Å². The Kier molecular flexibility index (Phi) is 4.09. The van der Waals surface area contributed by atoms with Crippen LogP contribution in [0.4, 0.5) is 5.82 Å². The van der Waals surface area contributed by atoms with Gasteiger partial charge in [-0.1, -0.05) is 23.2 Å². The zero-order valence-electron chi connectivity index (χ0n) is 11.4. The summed E-state index contributed by atoms with van der Waals surface area (Å²) in [5.74, 6) is 0.458. The first kappa shape index (κ1) is 14.4. The fourth-order valence-corrected chi connectivity index (χ4v) is 3.57. The summed E-state index contributed by atoms with van der Waals surface area (Å²) in [6.45, 7) is 1.43. The van der Waals surface area contributed by atoms with E-state index < -0.39 is 0 Å². The van der Waals surface area contributed by atoms with E-state index in [0.29, 0.717) is 29.3 Å². The molecule has 0 bridgehead atoms. The first-order valence-corrected chi connectivity index (χ1v) is 7.67. The standard InChI is InChI=1S/C14H18Cl2N2O2/c1-18(13-12(16)8-10(15)9-17-13)11-2-4-14(5-3-11)19-6-7-20-14/h8-9,11H,2-7H2,1H3. The molecule has 0 radical (unpaired) electrons. The van der Waals surface area contributed by atoms with Crippen LogP contribution in [0, 0.1) is 0 Å². The monoisotopic (exact) mass is 316 g/mol. The lowest BCUT2D eigenvalue weighted by Gasteiger charge is -2.39.